The van der Waals surface area contributed by atoms with Gasteiger partial charge < -0.3 is 14.6 Å². The smallest absolute Gasteiger partial charge is 0.279 e. The number of amides is 3. The second-order valence-electron chi connectivity index (χ2n) is 5.62. The van der Waals surface area contributed by atoms with Crippen LogP contribution >= 0.6 is 11.8 Å². The second kappa shape index (κ2) is 10.3. The van der Waals surface area contributed by atoms with Crippen molar-refractivity contribution in [2.24, 2.45) is 0 Å². The zero-order chi connectivity index (χ0) is 20.5. The quantitative estimate of drug-likeness (QED) is 0.562. The lowest BCUT2D eigenvalue weighted by molar-refractivity contribution is -0.131. The molecule has 28 heavy (non-hydrogen) atoms. The van der Waals surface area contributed by atoms with E-state index in [0.29, 0.717) is 17.3 Å². The number of nitrogens with zero attached hydrogens (tertiary/aromatic N) is 1. The van der Waals surface area contributed by atoms with Crippen LogP contribution in [0.25, 0.3) is 0 Å². The first-order chi connectivity index (χ1) is 13.3. The number of carbonyl (C=O) groups is 3. The molecule has 1 aromatic carbocycles. The van der Waals surface area contributed by atoms with Crippen molar-refractivity contribution >= 4 is 35.3 Å². The number of halogens is 1. The monoisotopic (exact) mass is 410 g/mol. The molecule has 9 nitrogen and oxygen atoms in total. The van der Waals surface area contributed by atoms with E-state index in [1.54, 1.807) is 13.0 Å². The maximum atomic E-state index is 12.8. The van der Waals surface area contributed by atoms with Crippen LogP contribution in [-0.4, -0.2) is 40.5 Å². The average molecular weight is 410 g/mol. The van der Waals surface area contributed by atoms with Crippen LogP contribution in [0.15, 0.2) is 34.9 Å². The van der Waals surface area contributed by atoms with E-state index < -0.39 is 23.7 Å². The van der Waals surface area contributed by atoms with E-state index in [4.69, 9.17) is 9.26 Å². The summed E-state index contributed by atoms with van der Waals surface area (Å²) < 4.78 is 23.0. The molecule has 0 unspecified atom stereocenters. The Hall–Kier alpha value is -3.08. The van der Waals surface area contributed by atoms with Crippen LogP contribution in [-0.2, 0) is 14.4 Å². The topological polar surface area (TPSA) is 123 Å². The van der Waals surface area contributed by atoms with Crippen molar-refractivity contribution in [3.63, 3.8) is 0 Å². The molecule has 0 aliphatic carbocycles. The third-order valence-corrected chi connectivity index (χ3v) is 4.12. The Kier molecular flexibility index (Phi) is 7.81. The molecule has 2 aromatic rings. The number of thioether (sulfide) groups is 1. The molecule has 1 aromatic heterocycles. The van der Waals surface area contributed by atoms with Gasteiger partial charge in [-0.15, -0.1) is 11.8 Å². The fraction of sp³-hybridized carbons (Fsp3) is 0.294. The number of benzene rings is 1. The van der Waals surface area contributed by atoms with Crippen LogP contribution in [0.2, 0.25) is 0 Å². The number of rotatable bonds is 8. The first-order valence-electron chi connectivity index (χ1n) is 8.15. The van der Waals surface area contributed by atoms with E-state index in [9.17, 15) is 18.8 Å². The van der Waals surface area contributed by atoms with Gasteiger partial charge >= 0.3 is 0 Å². The Morgan fingerprint density at radius 1 is 1.18 bits per heavy atom. The molecule has 0 saturated carbocycles. The van der Waals surface area contributed by atoms with Gasteiger partial charge in [-0.3, -0.25) is 25.2 Å². The highest BCUT2D eigenvalue weighted by Crippen LogP contribution is 2.13. The molecule has 3 amide bonds. The standard InChI is InChI=1S/C17H19FN4O5S/c1-10-7-14(22-27-10)19-15(23)8-28-9-16(24)20-21-17(25)11(2)26-13-5-3-12(18)4-6-13/h3-7,11H,8-9H2,1-2H3,(H,20,24)(H,21,25)(H,19,22,23)/t11-/m0/s1. The summed E-state index contributed by atoms with van der Waals surface area (Å²) in [5.74, 6) is -0.657. The van der Waals surface area contributed by atoms with E-state index in [-0.39, 0.29) is 17.4 Å². The lowest BCUT2D eigenvalue weighted by Gasteiger charge is -2.15. The van der Waals surface area contributed by atoms with Crippen molar-refractivity contribution in [3.05, 3.63) is 41.9 Å². The van der Waals surface area contributed by atoms with Crippen LogP contribution in [0.3, 0.4) is 0 Å². The van der Waals surface area contributed by atoms with Gasteiger partial charge in [-0.05, 0) is 38.1 Å². The molecular weight excluding hydrogens is 391 g/mol. The molecular formula is C17H19FN4O5S. The predicted octanol–water partition coefficient (Wildman–Crippen LogP) is 1.41. The minimum Gasteiger partial charge on any atom is -0.481 e. The van der Waals surface area contributed by atoms with E-state index in [1.807, 2.05) is 0 Å². The predicted molar refractivity (Wildman–Crippen MR) is 100.0 cm³/mol. The Labute approximate surface area is 164 Å². The Morgan fingerprint density at radius 2 is 1.86 bits per heavy atom. The van der Waals surface area contributed by atoms with Crippen molar-refractivity contribution < 1.29 is 28.0 Å². The lowest BCUT2D eigenvalue weighted by Crippen LogP contribution is -2.47. The zero-order valence-corrected chi connectivity index (χ0v) is 16.0. The maximum absolute atomic E-state index is 12.8. The van der Waals surface area contributed by atoms with Gasteiger partial charge in [0.25, 0.3) is 5.91 Å². The van der Waals surface area contributed by atoms with Gasteiger partial charge in [0.05, 0.1) is 11.5 Å². The molecule has 2 rings (SSSR count). The summed E-state index contributed by atoms with van der Waals surface area (Å²) in [6.45, 7) is 3.18. The fourth-order valence-corrected chi connectivity index (χ4v) is 2.50. The summed E-state index contributed by atoms with van der Waals surface area (Å²) in [7, 11) is 0. The highest BCUT2D eigenvalue weighted by Gasteiger charge is 2.15. The minimum atomic E-state index is -0.907. The Balaban J connectivity index is 1.62. The molecule has 3 N–H and O–H groups in total. The number of carbonyl (C=O) groups excluding carboxylic acids is 3. The third-order valence-electron chi connectivity index (χ3n) is 3.18. The highest BCUT2D eigenvalue weighted by atomic mass is 32.2. The number of hydrazine groups is 1. The molecule has 0 saturated heterocycles. The summed E-state index contributed by atoms with van der Waals surface area (Å²) in [5, 5.41) is 6.15. The number of nitrogens with one attached hydrogen (secondary N) is 3. The molecule has 1 heterocycles. The lowest BCUT2D eigenvalue weighted by atomic mass is 10.3. The van der Waals surface area contributed by atoms with Crippen LogP contribution in [0.1, 0.15) is 12.7 Å². The van der Waals surface area contributed by atoms with Gasteiger partial charge in [-0.1, -0.05) is 5.16 Å². The summed E-state index contributed by atoms with van der Waals surface area (Å²) in [6.07, 6.45) is -0.907. The van der Waals surface area contributed by atoms with Crippen LogP contribution in [0.5, 0.6) is 5.75 Å². The van der Waals surface area contributed by atoms with Crippen LogP contribution < -0.4 is 20.9 Å². The molecule has 11 heteroatoms. The van der Waals surface area contributed by atoms with E-state index in [2.05, 4.69) is 21.3 Å². The largest absolute Gasteiger partial charge is 0.481 e. The van der Waals surface area contributed by atoms with Crippen LogP contribution in [0, 0.1) is 12.7 Å². The van der Waals surface area contributed by atoms with Crippen molar-refractivity contribution in [1.29, 1.82) is 0 Å². The van der Waals surface area contributed by atoms with E-state index in [0.717, 1.165) is 11.8 Å². The van der Waals surface area contributed by atoms with Gasteiger partial charge in [0.1, 0.15) is 17.3 Å². The Bertz CT molecular complexity index is 827. The molecule has 0 fully saturated rings. The SMILES string of the molecule is Cc1cc(NC(=O)CSCC(=O)NNC(=O)[C@H](C)Oc2ccc(F)cc2)no1. The first kappa shape index (κ1) is 21.2. The van der Waals surface area contributed by atoms with Gasteiger partial charge in [0.2, 0.25) is 11.8 Å². The van der Waals surface area contributed by atoms with Gasteiger partial charge in [0, 0.05) is 6.07 Å². The molecule has 0 aliphatic rings. The first-order valence-corrected chi connectivity index (χ1v) is 9.31. The highest BCUT2D eigenvalue weighted by molar-refractivity contribution is 8.00. The number of aromatic nitrogens is 1. The van der Waals surface area contributed by atoms with Crippen molar-refractivity contribution in [2.45, 2.75) is 20.0 Å². The average Bonchev–Trinajstić information content (AvgIpc) is 3.06. The van der Waals surface area contributed by atoms with Crippen molar-refractivity contribution in [1.82, 2.24) is 16.0 Å². The van der Waals surface area contributed by atoms with E-state index >= 15 is 0 Å². The van der Waals surface area contributed by atoms with Gasteiger partial charge in [-0.25, -0.2) is 4.39 Å². The molecule has 0 bridgehead atoms. The van der Waals surface area contributed by atoms with E-state index in [1.165, 1.54) is 31.2 Å². The molecule has 150 valence electrons. The summed E-state index contributed by atoms with van der Waals surface area (Å²) >= 11 is 1.06. The molecule has 0 radical (unpaired) electrons. The number of ether oxygens (including phenoxy) is 1. The van der Waals surface area contributed by atoms with Gasteiger partial charge in [0.15, 0.2) is 11.9 Å². The van der Waals surface area contributed by atoms with Crippen molar-refractivity contribution in [2.75, 3.05) is 16.8 Å². The number of hydrogen-bond donors (Lipinski definition) is 3. The third kappa shape index (κ3) is 7.27. The maximum Gasteiger partial charge on any atom is 0.279 e. The molecule has 0 aliphatic heterocycles. The minimum absolute atomic E-state index is 0.0252. The molecule has 0 spiro atoms. The molecule has 1 atom stereocenters. The van der Waals surface area contributed by atoms with Gasteiger partial charge in [-0.2, -0.15) is 0 Å². The normalized spacial score (nSPS) is 11.4. The van der Waals surface area contributed by atoms with Crippen molar-refractivity contribution in [3.8, 4) is 5.75 Å². The Morgan fingerprint density at radius 3 is 2.50 bits per heavy atom. The summed E-state index contributed by atoms with van der Waals surface area (Å²) in [6, 6.07) is 6.76. The number of hydrogen-bond acceptors (Lipinski definition) is 7. The summed E-state index contributed by atoms with van der Waals surface area (Å²) in [4.78, 5) is 35.3. The van der Waals surface area contributed by atoms with Crippen LogP contribution in [0.4, 0.5) is 10.2 Å². The zero-order valence-electron chi connectivity index (χ0n) is 15.2. The fourth-order valence-electron chi connectivity index (χ4n) is 1.88. The second-order valence-corrected chi connectivity index (χ2v) is 6.60. The number of aryl methyl sites for hydroxylation is 1. The summed E-state index contributed by atoms with van der Waals surface area (Å²) in [5.41, 5.74) is 4.45. The number of anilines is 1.